The maximum Gasteiger partial charge on any atom is 0.344 e. The number of rotatable bonds is 5. The van der Waals surface area contributed by atoms with E-state index in [9.17, 15) is 20.0 Å². The van der Waals surface area contributed by atoms with Crippen LogP contribution >= 0.6 is 11.8 Å². The topological polar surface area (TPSA) is 115 Å². The van der Waals surface area contributed by atoms with E-state index in [1.165, 1.54) is 24.3 Å². The first kappa shape index (κ1) is 19.3. The molecule has 1 aliphatic heterocycles. The number of carbonyl (C=O) groups is 1. The number of thioether (sulfide) groups is 1. The molecular weight excluding hydrogens is 382 g/mol. The zero-order valence-electron chi connectivity index (χ0n) is 14.7. The predicted molar refractivity (Wildman–Crippen MR) is 106 cm³/mol. The monoisotopic (exact) mass is 397 g/mol. The number of esters is 1. The number of aromatic nitrogens is 1. The molecule has 28 heavy (non-hydrogen) atoms. The number of aliphatic hydroxyl groups excluding tert-OH is 1. The first-order valence-electron chi connectivity index (χ1n) is 8.24. The number of ether oxygens (including phenoxy) is 1. The quantitative estimate of drug-likeness (QED) is 0.457. The summed E-state index contributed by atoms with van der Waals surface area (Å²) in [5.74, 6) is -0.938. The van der Waals surface area contributed by atoms with Gasteiger partial charge in [0, 0.05) is 18.3 Å². The summed E-state index contributed by atoms with van der Waals surface area (Å²) in [6, 6.07) is 10.9. The van der Waals surface area contributed by atoms with E-state index in [2.05, 4.69) is 9.98 Å². The summed E-state index contributed by atoms with van der Waals surface area (Å²) in [5.41, 5.74) is 0.897. The van der Waals surface area contributed by atoms with Gasteiger partial charge in [-0.05, 0) is 37.3 Å². The molecule has 0 aliphatic carbocycles. The van der Waals surface area contributed by atoms with Crippen molar-refractivity contribution in [1.29, 1.82) is 0 Å². The molecule has 2 heterocycles. The molecule has 0 fully saturated rings. The van der Waals surface area contributed by atoms with Crippen LogP contribution in [0, 0.1) is 10.1 Å². The van der Waals surface area contributed by atoms with Gasteiger partial charge in [0.25, 0.3) is 5.69 Å². The van der Waals surface area contributed by atoms with Crippen molar-refractivity contribution in [2.24, 2.45) is 4.99 Å². The van der Waals surface area contributed by atoms with E-state index >= 15 is 0 Å². The summed E-state index contributed by atoms with van der Waals surface area (Å²) in [6.45, 7) is 1.81. The third kappa shape index (κ3) is 4.26. The summed E-state index contributed by atoms with van der Waals surface area (Å²) in [4.78, 5) is 31.5. The molecule has 1 aliphatic rings. The normalized spacial score (nSPS) is 16.6. The van der Waals surface area contributed by atoms with Crippen LogP contribution in [-0.2, 0) is 9.53 Å². The van der Waals surface area contributed by atoms with Gasteiger partial charge >= 0.3 is 5.97 Å². The van der Waals surface area contributed by atoms with Crippen molar-refractivity contribution in [3.63, 3.8) is 0 Å². The molecule has 0 spiro atoms. The first-order chi connectivity index (χ1) is 13.5. The van der Waals surface area contributed by atoms with Crippen molar-refractivity contribution in [3.05, 3.63) is 80.7 Å². The SMILES string of the molecule is CCOC(=O)C1=C(O)/C(=C\c2ccccn2)SC1=Nc1ccc([N+](=O)[O-])cc1. The summed E-state index contributed by atoms with van der Waals surface area (Å²) >= 11 is 1.09. The van der Waals surface area contributed by atoms with Crippen molar-refractivity contribution in [2.45, 2.75) is 6.92 Å². The number of benzene rings is 1. The summed E-state index contributed by atoms with van der Waals surface area (Å²) in [7, 11) is 0. The molecule has 1 aromatic heterocycles. The zero-order valence-corrected chi connectivity index (χ0v) is 15.5. The zero-order chi connectivity index (χ0) is 20.1. The van der Waals surface area contributed by atoms with Crippen LogP contribution in [0.1, 0.15) is 12.6 Å². The maximum absolute atomic E-state index is 12.3. The second kappa shape index (κ2) is 8.49. The summed E-state index contributed by atoms with van der Waals surface area (Å²) in [6.07, 6.45) is 3.25. The van der Waals surface area contributed by atoms with Gasteiger partial charge in [0.1, 0.15) is 16.4 Å². The second-order valence-electron chi connectivity index (χ2n) is 5.50. The minimum absolute atomic E-state index is 0.0487. The van der Waals surface area contributed by atoms with Crippen molar-refractivity contribution in [2.75, 3.05) is 6.61 Å². The number of nitro benzene ring substituents is 1. The van der Waals surface area contributed by atoms with Crippen LogP contribution in [0.25, 0.3) is 6.08 Å². The van der Waals surface area contributed by atoms with E-state index < -0.39 is 10.9 Å². The lowest BCUT2D eigenvalue weighted by Gasteiger charge is -2.03. The fourth-order valence-electron chi connectivity index (χ4n) is 2.35. The second-order valence-corrected chi connectivity index (χ2v) is 6.53. The first-order valence-corrected chi connectivity index (χ1v) is 9.06. The van der Waals surface area contributed by atoms with Crippen LogP contribution in [-0.4, -0.2) is 32.6 Å². The third-order valence-corrected chi connectivity index (χ3v) is 4.65. The number of carbonyl (C=O) groups excluding carboxylic acids is 1. The van der Waals surface area contributed by atoms with Crippen molar-refractivity contribution < 1.29 is 19.6 Å². The average Bonchev–Trinajstić information content (AvgIpc) is 2.98. The van der Waals surface area contributed by atoms with Crippen LogP contribution < -0.4 is 0 Å². The van der Waals surface area contributed by atoms with Gasteiger partial charge < -0.3 is 9.84 Å². The van der Waals surface area contributed by atoms with Gasteiger partial charge in [-0.1, -0.05) is 17.8 Å². The number of aliphatic imine (C=N–C) groups is 1. The third-order valence-electron chi connectivity index (χ3n) is 3.63. The molecule has 2 aromatic rings. The molecule has 0 amide bonds. The molecular formula is C19H15N3O5S. The Balaban J connectivity index is 2.00. The number of hydrogen-bond acceptors (Lipinski definition) is 8. The smallest absolute Gasteiger partial charge is 0.344 e. The molecule has 0 saturated heterocycles. The van der Waals surface area contributed by atoms with E-state index in [4.69, 9.17) is 4.74 Å². The molecule has 8 nitrogen and oxygen atoms in total. The molecule has 1 N–H and O–H groups in total. The lowest BCUT2D eigenvalue weighted by atomic mass is 10.2. The Labute approximate surface area is 164 Å². The number of pyridine rings is 1. The van der Waals surface area contributed by atoms with E-state index in [1.807, 2.05) is 0 Å². The van der Waals surface area contributed by atoms with Crippen LogP contribution in [0.4, 0.5) is 11.4 Å². The van der Waals surface area contributed by atoms with Gasteiger partial charge in [0.05, 0.1) is 27.8 Å². The molecule has 9 heteroatoms. The molecule has 0 atom stereocenters. The summed E-state index contributed by atoms with van der Waals surface area (Å²) < 4.78 is 5.03. The van der Waals surface area contributed by atoms with Crippen molar-refractivity contribution in [3.8, 4) is 0 Å². The Hall–Kier alpha value is -3.46. The van der Waals surface area contributed by atoms with E-state index in [1.54, 1.807) is 37.4 Å². The highest BCUT2D eigenvalue weighted by Gasteiger charge is 2.33. The van der Waals surface area contributed by atoms with E-state index in [0.29, 0.717) is 16.3 Å². The van der Waals surface area contributed by atoms with Gasteiger partial charge in [-0.3, -0.25) is 15.1 Å². The Bertz CT molecular complexity index is 998. The van der Waals surface area contributed by atoms with Crippen LogP contribution in [0.15, 0.2) is 69.9 Å². The van der Waals surface area contributed by atoms with Gasteiger partial charge in [-0.2, -0.15) is 0 Å². The lowest BCUT2D eigenvalue weighted by Crippen LogP contribution is -2.12. The van der Waals surface area contributed by atoms with Crippen LogP contribution in [0.2, 0.25) is 0 Å². The highest BCUT2D eigenvalue weighted by Crippen LogP contribution is 2.40. The van der Waals surface area contributed by atoms with Gasteiger partial charge in [0.15, 0.2) is 0 Å². The number of hydrogen-bond donors (Lipinski definition) is 1. The molecule has 0 radical (unpaired) electrons. The van der Waals surface area contributed by atoms with Gasteiger partial charge in [-0.15, -0.1) is 0 Å². The maximum atomic E-state index is 12.3. The standard InChI is InChI=1S/C19H15N3O5S/c1-2-27-19(24)16-17(23)15(11-13-5-3-4-10-20-13)28-18(16)21-12-6-8-14(9-7-12)22(25)26/h3-11,23H,2H2,1H3/b15-11+,21-18?. The lowest BCUT2D eigenvalue weighted by molar-refractivity contribution is -0.384. The Morgan fingerprint density at radius 3 is 2.68 bits per heavy atom. The Morgan fingerprint density at radius 2 is 2.07 bits per heavy atom. The number of nitro groups is 1. The van der Waals surface area contributed by atoms with Gasteiger partial charge in [-0.25, -0.2) is 9.79 Å². The summed E-state index contributed by atoms with van der Waals surface area (Å²) in [5, 5.41) is 21.6. The molecule has 142 valence electrons. The Kier molecular flexibility index (Phi) is 5.85. The molecule has 1 aromatic carbocycles. The number of non-ortho nitro benzene ring substituents is 1. The number of aliphatic hydroxyl groups is 1. The van der Waals surface area contributed by atoms with Gasteiger partial charge in [0.2, 0.25) is 0 Å². The molecule has 0 saturated carbocycles. The van der Waals surface area contributed by atoms with E-state index in [-0.39, 0.29) is 28.7 Å². The van der Waals surface area contributed by atoms with Crippen LogP contribution in [0.3, 0.4) is 0 Å². The highest BCUT2D eigenvalue weighted by atomic mass is 32.2. The van der Waals surface area contributed by atoms with Crippen molar-refractivity contribution in [1.82, 2.24) is 4.98 Å². The van der Waals surface area contributed by atoms with Crippen molar-refractivity contribution >= 4 is 40.2 Å². The Morgan fingerprint density at radius 1 is 1.32 bits per heavy atom. The average molecular weight is 397 g/mol. The predicted octanol–water partition coefficient (Wildman–Crippen LogP) is 4.18. The molecule has 0 unspecified atom stereocenters. The fraction of sp³-hybridized carbons (Fsp3) is 0.105. The minimum Gasteiger partial charge on any atom is -0.506 e. The highest BCUT2D eigenvalue weighted by molar-refractivity contribution is 8.18. The minimum atomic E-state index is -0.697. The number of nitrogens with zero attached hydrogens (tertiary/aromatic N) is 3. The largest absolute Gasteiger partial charge is 0.506 e. The van der Waals surface area contributed by atoms with Crippen LogP contribution in [0.5, 0.6) is 0 Å². The van der Waals surface area contributed by atoms with E-state index in [0.717, 1.165) is 11.8 Å². The fourth-order valence-corrected chi connectivity index (χ4v) is 3.37. The molecule has 3 rings (SSSR count). The molecule has 0 bridgehead atoms.